The molecule has 2 amide bonds. The molecule has 5 heteroatoms. The molecule has 0 saturated carbocycles. The summed E-state index contributed by atoms with van der Waals surface area (Å²) in [6.07, 6.45) is 1.47. The third kappa shape index (κ3) is 5.41. The monoisotopic (exact) mass is 353 g/mol. The molecule has 1 aromatic heterocycles. The van der Waals surface area contributed by atoms with Crippen LogP contribution in [0.3, 0.4) is 0 Å². The minimum Gasteiger partial charge on any atom is -0.347 e. The van der Waals surface area contributed by atoms with Gasteiger partial charge < -0.3 is 10.6 Å². The molecule has 0 radical (unpaired) electrons. The number of carbonyl (C=O) groups excluding carboxylic acids is 2. The minimum atomic E-state index is -0.350. The van der Waals surface area contributed by atoms with Gasteiger partial charge in [0.15, 0.2) is 0 Å². The number of aromatic nitrogens is 1. The molecule has 0 bridgehead atoms. The number of nitrogens with one attached hydrogen (secondary N) is 2. The smallest absolute Gasteiger partial charge is 0.274 e. The van der Waals surface area contributed by atoms with Crippen LogP contribution in [0.5, 0.6) is 0 Å². The van der Waals surface area contributed by atoms with Gasteiger partial charge in [-0.05, 0) is 56.0 Å². The summed E-state index contributed by atoms with van der Waals surface area (Å²) in [5, 5.41) is 5.69. The predicted octanol–water partition coefficient (Wildman–Crippen LogP) is 4.16. The fourth-order valence-electron chi connectivity index (χ4n) is 2.36. The Morgan fingerprint density at radius 3 is 2.04 bits per heavy atom. The van der Waals surface area contributed by atoms with Gasteiger partial charge in [-0.15, -0.1) is 0 Å². The summed E-state index contributed by atoms with van der Waals surface area (Å²) in [5.74, 6) is -0.581. The van der Waals surface area contributed by atoms with E-state index in [1.54, 1.807) is 6.07 Å². The maximum absolute atomic E-state index is 12.5. The number of hydrogen-bond donors (Lipinski definition) is 2. The van der Waals surface area contributed by atoms with Crippen molar-refractivity contribution in [3.63, 3.8) is 0 Å². The molecule has 2 rings (SSSR count). The van der Waals surface area contributed by atoms with Crippen molar-refractivity contribution in [3.8, 4) is 0 Å². The van der Waals surface area contributed by atoms with Crippen LogP contribution < -0.4 is 10.6 Å². The molecular weight excluding hydrogens is 326 g/mol. The number of rotatable bonds is 3. The summed E-state index contributed by atoms with van der Waals surface area (Å²) in [7, 11) is 0. The summed E-state index contributed by atoms with van der Waals surface area (Å²) in [6.45, 7) is 12.1. The summed E-state index contributed by atoms with van der Waals surface area (Å²) in [4.78, 5) is 28.8. The van der Waals surface area contributed by atoms with E-state index in [-0.39, 0.29) is 28.5 Å². The molecule has 0 aliphatic heterocycles. The highest BCUT2D eigenvalue weighted by Gasteiger charge is 2.17. The molecule has 138 valence electrons. The van der Waals surface area contributed by atoms with Crippen LogP contribution in [0.2, 0.25) is 0 Å². The average molecular weight is 353 g/mol. The van der Waals surface area contributed by atoms with Gasteiger partial charge in [-0.3, -0.25) is 14.6 Å². The van der Waals surface area contributed by atoms with Crippen molar-refractivity contribution in [3.05, 3.63) is 59.4 Å². The van der Waals surface area contributed by atoms with Gasteiger partial charge in [0, 0.05) is 23.0 Å². The summed E-state index contributed by atoms with van der Waals surface area (Å²) < 4.78 is 0. The van der Waals surface area contributed by atoms with E-state index in [1.807, 2.05) is 45.0 Å². The van der Waals surface area contributed by atoms with E-state index >= 15 is 0 Å². The highest BCUT2D eigenvalue weighted by molar-refractivity contribution is 6.04. The molecule has 5 nitrogen and oxygen atoms in total. The Kier molecular flexibility index (Phi) is 5.50. The highest BCUT2D eigenvalue weighted by atomic mass is 16.2. The average Bonchev–Trinajstić information content (AvgIpc) is 2.53. The van der Waals surface area contributed by atoms with E-state index in [9.17, 15) is 9.59 Å². The molecule has 1 heterocycles. The Hall–Kier alpha value is -2.69. The number of nitrogens with zero attached hydrogens (tertiary/aromatic N) is 1. The second-order valence-corrected chi connectivity index (χ2v) is 8.42. The molecule has 0 aliphatic carbocycles. The van der Waals surface area contributed by atoms with Gasteiger partial charge in [-0.25, -0.2) is 0 Å². The molecular formula is C21H27N3O2. The van der Waals surface area contributed by atoms with Crippen molar-refractivity contribution in [2.24, 2.45) is 0 Å². The lowest BCUT2D eigenvalue weighted by atomic mass is 9.87. The second kappa shape index (κ2) is 7.28. The fourth-order valence-corrected chi connectivity index (χ4v) is 2.36. The van der Waals surface area contributed by atoms with Crippen LogP contribution in [0.25, 0.3) is 0 Å². The molecule has 2 N–H and O–H groups in total. The predicted molar refractivity (Wildman–Crippen MR) is 105 cm³/mol. The summed E-state index contributed by atoms with van der Waals surface area (Å²) in [6, 6.07) is 10.8. The van der Waals surface area contributed by atoms with Gasteiger partial charge in [0.2, 0.25) is 0 Å². The Balaban J connectivity index is 2.13. The van der Waals surface area contributed by atoms with Crippen LogP contribution in [0.4, 0.5) is 5.69 Å². The Labute approximate surface area is 155 Å². The van der Waals surface area contributed by atoms with Crippen LogP contribution in [-0.4, -0.2) is 22.3 Å². The Morgan fingerprint density at radius 1 is 0.885 bits per heavy atom. The second-order valence-electron chi connectivity index (χ2n) is 8.42. The lowest BCUT2D eigenvalue weighted by molar-refractivity contribution is 0.0919. The normalized spacial score (nSPS) is 11.8. The van der Waals surface area contributed by atoms with Crippen LogP contribution in [0.15, 0.2) is 42.6 Å². The van der Waals surface area contributed by atoms with Crippen molar-refractivity contribution in [1.29, 1.82) is 0 Å². The first-order chi connectivity index (χ1) is 12.0. The maximum atomic E-state index is 12.5. The number of amides is 2. The molecule has 2 aromatic rings. The molecule has 0 unspecified atom stereocenters. The summed E-state index contributed by atoms with van der Waals surface area (Å²) in [5.41, 5.74) is 2.19. The van der Waals surface area contributed by atoms with E-state index in [0.29, 0.717) is 11.3 Å². The quantitative estimate of drug-likeness (QED) is 0.870. The van der Waals surface area contributed by atoms with E-state index in [4.69, 9.17) is 0 Å². The largest absolute Gasteiger partial charge is 0.347 e. The van der Waals surface area contributed by atoms with E-state index in [0.717, 1.165) is 0 Å². The standard InChI is InChI=1S/C21H27N3O2/c1-20(2,3)15-7-9-16(10-8-15)23-19(26)17-13-14(11-12-22-17)18(25)24-21(4,5)6/h7-13H,1-6H3,(H,23,26)(H,24,25). The molecule has 1 aromatic carbocycles. The van der Waals surface area contributed by atoms with Gasteiger partial charge >= 0.3 is 0 Å². The first-order valence-corrected chi connectivity index (χ1v) is 8.66. The zero-order valence-corrected chi connectivity index (χ0v) is 16.3. The van der Waals surface area contributed by atoms with Crippen LogP contribution in [0.1, 0.15) is 68.0 Å². The minimum absolute atomic E-state index is 0.0544. The maximum Gasteiger partial charge on any atom is 0.274 e. The van der Waals surface area contributed by atoms with Crippen molar-refractivity contribution in [2.45, 2.75) is 52.5 Å². The van der Waals surface area contributed by atoms with E-state index in [1.165, 1.54) is 17.8 Å². The van der Waals surface area contributed by atoms with Crippen molar-refractivity contribution < 1.29 is 9.59 Å². The first kappa shape index (κ1) is 19.6. The lowest BCUT2D eigenvalue weighted by Crippen LogP contribution is -2.40. The van der Waals surface area contributed by atoms with E-state index < -0.39 is 0 Å². The number of benzene rings is 1. The topological polar surface area (TPSA) is 71.1 Å². The van der Waals surface area contributed by atoms with Gasteiger partial charge in [0.1, 0.15) is 5.69 Å². The van der Waals surface area contributed by atoms with Gasteiger partial charge in [0.25, 0.3) is 11.8 Å². The molecule has 0 saturated heterocycles. The zero-order valence-electron chi connectivity index (χ0n) is 16.3. The molecule has 0 aliphatic rings. The van der Waals surface area contributed by atoms with Gasteiger partial charge in [0.05, 0.1) is 0 Å². The number of pyridine rings is 1. The third-order valence-electron chi connectivity index (χ3n) is 3.75. The van der Waals surface area contributed by atoms with Crippen LogP contribution in [0, 0.1) is 0 Å². The van der Waals surface area contributed by atoms with Crippen LogP contribution >= 0.6 is 0 Å². The van der Waals surface area contributed by atoms with Crippen molar-refractivity contribution in [2.75, 3.05) is 5.32 Å². The van der Waals surface area contributed by atoms with Crippen molar-refractivity contribution >= 4 is 17.5 Å². The van der Waals surface area contributed by atoms with Crippen molar-refractivity contribution in [1.82, 2.24) is 10.3 Å². The highest BCUT2D eigenvalue weighted by Crippen LogP contribution is 2.23. The Bertz CT molecular complexity index is 797. The number of anilines is 1. The number of carbonyl (C=O) groups is 2. The zero-order chi connectivity index (χ0) is 19.5. The third-order valence-corrected chi connectivity index (χ3v) is 3.75. The Morgan fingerprint density at radius 2 is 1.50 bits per heavy atom. The first-order valence-electron chi connectivity index (χ1n) is 8.66. The van der Waals surface area contributed by atoms with Crippen LogP contribution in [-0.2, 0) is 5.41 Å². The lowest BCUT2D eigenvalue weighted by Gasteiger charge is -2.20. The summed E-state index contributed by atoms with van der Waals surface area (Å²) >= 11 is 0. The van der Waals surface area contributed by atoms with E-state index in [2.05, 4.69) is 36.4 Å². The molecule has 0 spiro atoms. The SMILES string of the molecule is CC(C)(C)NC(=O)c1ccnc(C(=O)Nc2ccc(C(C)(C)C)cc2)c1. The fraction of sp³-hybridized carbons (Fsp3) is 0.381. The molecule has 0 fully saturated rings. The molecule has 0 atom stereocenters. The molecule has 26 heavy (non-hydrogen) atoms. The number of hydrogen-bond acceptors (Lipinski definition) is 3. The van der Waals surface area contributed by atoms with Gasteiger partial charge in [-0.1, -0.05) is 32.9 Å². The van der Waals surface area contributed by atoms with Gasteiger partial charge in [-0.2, -0.15) is 0 Å².